The van der Waals surface area contributed by atoms with E-state index in [2.05, 4.69) is 4.98 Å². The van der Waals surface area contributed by atoms with Crippen LogP contribution in [0.4, 0.5) is 0 Å². The van der Waals surface area contributed by atoms with E-state index in [1.165, 1.54) is 0 Å². The van der Waals surface area contributed by atoms with Crippen LogP contribution in [0.25, 0.3) is 0 Å². The Morgan fingerprint density at radius 3 is 2.86 bits per heavy atom. The van der Waals surface area contributed by atoms with E-state index < -0.39 is 11.9 Å². The third-order valence-electron chi connectivity index (χ3n) is 2.04. The average molecular weight is 193 g/mol. The summed E-state index contributed by atoms with van der Waals surface area (Å²) in [7, 11) is 0. The molecule has 14 heavy (non-hydrogen) atoms. The van der Waals surface area contributed by atoms with Crippen molar-refractivity contribution in [2.45, 2.75) is 25.3 Å². The molecule has 4 nitrogen and oxygen atoms in total. The lowest BCUT2D eigenvalue weighted by atomic mass is 10.1. The van der Waals surface area contributed by atoms with Crippen LogP contribution in [0.1, 0.15) is 18.5 Å². The van der Waals surface area contributed by atoms with Gasteiger partial charge in [-0.3, -0.25) is 9.78 Å². The van der Waals surface area contributed by atoms with E-state index in [1.807, 2.05) is 18.2 Å². The molecule has 1 heterocycles. The fourth-order valence-corrected chi connectivity index (χ4v) is 1.19. The van der Waals surface area contributed by atoms with Crippen molar-refractivity contribution in [3.05, 3.63) is 30.1 Å². The third kappa shape index (κ3) is 3.53. The van der Waals surface area contributed by atoms with Crippen LogP contribution in [0, 0.1) is 0 Å². The van der Waals surface area contributed by atoms with Gasteiger partial charge in [-0.1, -0.05) is 6.07 Å². The van der Waals surface area contributed by atoms with Crippen LogP contribution in [0.2, 0.25) is 0 Å². The number of aryl methyl sites for hydroxylation is 1. The van der Waals surface area contributed by atoms with Gasteiger partial charge in [-0.25, -0.2) is 0 Å². The molecule has 1 amide bonds. The molecule has 1 aromatic heterocycles. The van der Waals surface area contributed by atoms with Crippen LogP contribution < -0.4 is 11.5 Å². The van der Waals surface area contributed by atoms with E-state index >= 15 is 0 Å². The van der Waals surface area contributed by atoms with Crippen molar-refractivity contribution < 1.29 is 4.79 Å². The summed E-state index contributed by atoms with van der Waals surface area (Å²) in [6.45, 7) is 0. The number of rotatable bonds is 5. The van der Waals surface area contributed by atoms with Crippen LogP contribution >= 0.6 is 0 Å². The van der Waals surface area contributed by atoms with E-state index in [0.29, 0.717) is 6.42 Å². The second-order valence-electron chi connectivity index (χ2n) is 3.22. The molecule has 0 bridgehead atoms. The lowest BCUT2D eigenvalue weighted by Crippen LogP contribution is -2.36. The number of aromatic nitrogens is 1. The van der Waals surface area contributed by atoms with Crippen LogP contribution in [-0.2, 0) is 11.2 Å². The Morgan fingerprint density at radius 1 is 1.50 bits per heavy atom. The Hall–Kier alpha value is -1.42. The van der Waals surface area contributed by atoms with Crippen molar-refractivity contribution >= 4 is 5.91 Å². The van der Waals surface area contributed by atoms with Gasteiger partial charge in [0.25, 0.3) is 0 Å². The predicted molar refractivity (Wildman–Crippen MR) is 54.3 cm³/mol. The summed E-state index contributed by atoms with van der Waals surface area (Å²) in [6, 6.07) is 5.24. The molecule has 1 atom stereocenters. The minimum atomic E-state index is -0.529. The minimum absolute atomic E-state index is 0.439. The maximum Gasteiger partial charge on any atom is 0.234 e. The van der Waals surface area contributed by atoms with Gasteiger partial charge in [0.15, 0.2) is 0 Å². The highest BCUT2D eigenvalue weighted by molar-refractivity contribution is 5.79. The molecule has 0 aliphatic heterocycles. The summed E-state index contributed by atoms with van der Waals surface area (Å²) in [5.41, 5.74) is 11.5. The zero-order valence-electron chi connectivity index (χ0n) is 8.02. The number of primary amides is 1. The monoisotopic (exact) mass is 193 g/mol. The average Bonchev–Trinajstić information content (AvgIpc) is 2.19. The van der Waals surface area contributed by atoms with Crippen molar-refractivity contribution in [1.82, 2.24) is 4.98 Å². The van der Waals surface area contributed by atoms with Gasteiger partial charge in [-0.2, -0.15) is 0 Å². The standard InChI is InChI=1S/C10H15N3O/c11-9(10(12)14)6-3-5-8-4-1-2-7-13-8/h1-2,4,7,9H,3,5-6,11H2,(H2,12,14)/t9-/m0/s1. The van der Waals surface area contributed by atoms with Gasteiger partial charge in [0.05, 0.1) is 6.04 Å². The third-order valence-corrected chi connectivity index (χ3v) is 2.04. The number of pyridine rings is 1. The lowest BCUT2D eigenvalue weighted by Gasteiger charge is -2.05. The van der Waals surface area contributed by atoms with Gasteiger partial charge >= 0.3 is 0 Å². The van der Waals surface area contributed by atoms with E-state index in [0.717, 1.165) is 18.5 Å². The highest BCUT2D eigenvalue weighted by atomic mass is 16.1. The van der Waals surface area contributed by atoms with Gasteiger partial charge in [0.2, 0.25) is 5.91 Å². The fourth-order valence-electron chi connectivity index (χ4n) is 1.19. The topological polar surface area (TPSA) is 82.0 Å². The zero-order valence-corrected chi connectivity index (χ0v) is 8.02. The van der Waals surface area contributed by atoms with Gasteiger partial charge in [-0.15, -0.1) is 0 Å². The highest BCUT2D eigenvalue weighted by Crippen LogP contribution is 2.02. The quantitative estimate of drug-likeness (QED) is 0.701. The summed E-state index contributed by atoms with van der Waals surface area (Å²) in [6.07, 6.45) is 4.04. The van der Waals surface area contributed by atoms with Gasteiger partial charge < -0.3 is 11.5 Å². The Bertz CT molecular complexity index is 287. The first kappa shape index (κ1) is 10.7. The van der Waals surface area contributed by atoms with Gasteiger partial charge in [0, 0.05) is 11.9 Å². The lowest BCUT2D eigenvalue weighted by molar-refractivity contribution is -0.119. The number of nitrogens with zero attached hydrogens (tertiary/aromatic N) is 1. The molecule has 0 aliphatic carbocycles. The Labute approximate surface area is 83.3 Å². The van der Waals surface area contributed by atoms with Crippen molar-refractivity contribution in [3.63, 3.8) is 0 Å². The summed E-state index contributed by atoms with van der Waals surface area (Å²) in [5.74, 6) is -0.439. The SMILES string of the molecule is NC(=O)[C@@H](N)CCCc1ccccn1. The van der Waals surface area contributed by atoms with Crippen molar-refractivity contribution in [2.24, 2.45) is 11.5 Å². The number of carbonyl (C=O) groups is 1. The first-order chi connectivity index (χ1) is 6.70. The molecular weight excluding hydrogens is 178 g/mol. The normalized spacial score (nSPS) is 12.4. The molecule has 0 saturated heterocycles. The highest BCUT2D eigenvalue weighted by Gasteiger charge is 2.07. The van der Waals surface area contributed by atoms with E-state index in [9.17, 15) is 4.79 Å². The van der Waals surface area contributed by atoms with Gasteiger partial charge in [0.1, 0.15) is 0 Å². The molecule has 76 valence electrons. The molecule has 0 radical (unpaired) electrons. The maximum absolute atomic E-state index is 10.6. The Kier molecular flexibility index (Phi) is 4.07. The number of hydrogen-bond donors (Lipinski definition) is 2. The molecular formula is C10H15N3O. The number of carbonyl (C=O) groups excluding carboxylic acids is 1. The summed E-state index contributed by atoms with van der Waals surface area (Å²) in [4.78, 5) is 14.8. The van der Waals surface area contributed by atoms with Crippen LogP contribution in [0.3, 0.4) is 0 Å². The molecule has 0 aliphatic rings. The molecule has 4 N–H and O–H groups in total. The number of nitrogens with two attached hydrogens (primary N) is 2. The molecule has 0 saturated carbocycles. The summed E-state index contributed by atoms with van der Waals surface area (Å²) >= 11 is 0. The van der Waals surface area contributed by atoms with Crippen molar-refractivity contribution in [3.8, 4) is 0 Å². The molecule has 4 heteroatoms. The second kappa shape index (κ2) is 5.34. The first-order valence-electron chi connectivity index (χ1n) is 4.65. The zero-order chi connectivity index (χ0) is 10.4. The molecule has 1 aromatic rings. The Morgan fingerprint density at radius 2 is 2.29 bits per heavy atom. The summed E-state index contributed by atoms with van der Waals surface area (Å²) in [5, 5.41) is 0. The minimum Gasteiger partial charge on any atom is -0.368 e. The van der Waals surface area contributed by atoms with Crippen molar-refractivity contribution in [1.29, 1.82) is 0 Å². The molecule has 1 rings (SSSR count). The van der Waals surface area contributed by atoms with E-state index in [1.54, 1.807) is 6.20 Å². The first-order valence-corrected chi connectivity index (χ1v) is 4.65. The molecule has 0 spiro atoms. The van der Waals surface area contributed by atoms with Crippen LogP contribution in [0.5, 0.6) is 0 Å². The van der Waals surface area contributed by atoms with E-state index in [4.69, 9.17) is 11.5 Å². The predicted octanol–water partition coefficient (Wildman–Crippen LogP) is 0.217. The number of hydrogen-bond acceptors (Lipinski definition) is 3. The molecule has 0 unspecified atom stereocenters. The smallest absolute Gasteiger partial charge is 0.234 e. The number of amides is 1. The van der Waals surface area contributed by atoms with E-state index in [-0.39, 0.29) is 0 Å². The Balaban J connectivity index is 2.26. The second-order valence-corrected chi connectivity index (χ2v) is 3.22. The van der Waals surface area contributed by atoms with Crippen molar-refractivity contribution in [2.75, 3.05) is 0 Å². The maximum atomic E-state index is 10.6. The summed E-state index contributed by atoms with van der Waals surface area (Å²) < 4.78 is 0. The fraction of sp³-hybridized carbons (Fsp3) is 0.400. The largest absolute Gasteiger partial charge is 0.368 e. The molecule has 0 fully saturated rings. The van der Waals surface area contributed by atoms with Gasteiger partial charge in [-0.05, 0) is 31.4 Å². The van der Waals surface area contributed by atoms with Crippen LogP contribution in [0.15, 0.2) is 24.4 Å². The van der Waals surface area contributed by atoms with Crippen LogP contribution in [-0.4, -0.2) is 16.9 Å². The molecule has 0 aromatic carbocycles.